The second-order valence-electron chi connectivity index (χ2n) is 13.4. The van der Waals surface area contributed by atoms with E-state index < -0.39 is 5.60 Å². The van der Waals surface area contributed by atoms with Crippen molar-refractivity contribution < 1.29 is 14.6 Å². The van der Waals surface area contributed by atoms with Crippen molar-refractivity contribution in [2.24, 2.45) is 10.4 Å². The van der Waals surface area contributed by atoms with Gasteiger partial charge in [0.1, 0.15) is 17.2 Å². The van der Waals surface area contributed by atoms with Crippen LogP contribution in [-0.4, -0.2) is 34.9 Å². The number of fused-ring (bicyclic) bond motifs is 2. The summed E-state index contributed by atoms with van der Waals surface area (Å²) in [6, 6.07) is 13.7. The predicted octanol–water partition coefficient (Wildman–Crippen LogP) is 8.34. The molecule has 2 heterocycles. The van der Waals surface area contributed by atoms with Gasteiger partial charge >= 0.3 is 6.09 Å². The van der Waals surface area contributed by atoms with Crippen molar-refractivity contribution in [1.82, 2.24) is 5.32 Å². The fourth-order valence-corrected chi connectivity index (χ4v) is 7.12. The van der Waals surface area contributed by atoms with Gasteiger partial charge in [-0.05, 0) is 125 Å². The van der Waals surface area contributed by atoms with E-state index in [9.17, 15) is 9.90 Å². The first kappa shape index (κ1) is 31.3. The van der Waals surface area contributed by atoms with Crippen molar-refractivity contribution in [2.75, 3.05) is 11.4 Å². The quantitative estimate of drug-likeness (QED) is 0.163. The minimum atomic E-state index is -0.561. The smallest absolute Gasteiger partial charge is 0.408 e. The monoisotopic (exact) mass is 594 g/mol. The molecule has 2 aromatic carbocycles. The van der Waals surface area contributed by atoms with Crippen molar-refractivity contribution in [3.05, 3.63) is 88.3 Å². The summed E-state index contributed by atoms with van der Waals surface area (Å²) in [4.78, 5) is 20.0. The second-order valence-corrected chi connectivity index (χ2v) is 13.4. The molecular weight excluding hydrogens is 548 g/mol. The molecule has 7 heteroatoms. The van der Waals surface area contributed by atoms with E-state index in [1.807, 2.05) is 50.8 Å². The number of hydrogen-bond donors (Lipinski definition) is 3. The summed E-state index contributed by atoms with van der Waals surface area (Å²) >= 11 is 0. The molecule has 1 unspecified atom stereocenters. The van der Waals surface area contributed by atoms with Gasteiger partial charge in [-0.1, -0.05) is 37.6 Å². The SMILES string of the molecule is CCCC1(CCCC2=CC=C=C(C(=N)N3CCCc4cc(O)ccc43)C(C)=N2)Cc2ccccc2[C@H]1NC(=O)OC(C)(C)C. The number of nitrogens with one attached hydrogen (secondary N) is 2. The summed E-state index contributed by atoms with van der Waals surface area (Å²) in [6.07, 6.45) is 11.0. The normalized spacial score (nSPS) is 21.0. The number of carbonyl (C=O) groups excluding carboxylic acids is 1. The Balaban J connectivity index is 1.29. The first-order valence-corrected chi connectivity index (χ1v) is 16.0. The summed E-state index contributed by atoms with van der Waals surface area (Å²) in [7, 11) is 0. The molecule has 0 spiro atoms. The van der Waals surface area contributed by atoms with E-state index in [0.717, 1.165) is 80.6 Å². The number of hydrogen-bond acceptors (Lipinski definition) is 5. The van der Waals surface area contributed by atoms with Gasteiger partial charge in [-0.3, -0.25) is 10.4 Å². The average molecular weight is 595 g/mol. The van der Waals surface area contributed by atoms with Crippen LogP contribution in [0.4, 0.5) is 10.5 Å². The standard InChI is InChI=1S/C37H46N4O3/c1-6-20-37(24-27-12-7-8-16-31(27)33(37)40-35(43)44-36(3,4)5)21-10-15-28-14-9-17-30(25(2)39-28)34(38)41-22-11-13-26-23-29(42)18-19-32(26)41/h7-9,12,14,16,18-19,23,33,38,42H,6,10-11,13,15,20-22,24H2,1-5H3,(H,40,43)/t33-,37?/m1/s1. The van der Waals surface area contributed by atoms with Gasteiger partial charge in [0.25, 0.3) is 0 Å². The van der Waals surface area contributed by atoms with E-state index in [4.69, 9.17) is 15.1 Å². The van der Waals surface area contributed by atoms with Gasteiger partial charge in [0.15, 0.2) is 0 Å². The van der Waals surface area contributed by atoms with Crippen LogP contribution >= 0.6 is 0 Å². The molecule has 1 amide bonds. The zero-order valence-electron chi connectivity index (χ0n) is 26.8. The zero-order chi connectivity index (χ0) is 31.5. The number of aliphatic imine (C=N–C) groups is 1. The van der Waals surface area contributed by atoms with Crippen LogP contribution in [0.1, 0.15) is 95.9 Å². The number of rotatable bonds is 8. The Morgan fingerprint density at radius 3 is 2.77 bits per heavy atom. The van der Waals surface area contributed by atoms with Crippen molar-refractivity contribution >= 4 is 23.3 Å². The Morgan fingerprint density at radius 2 is 2.00 bits per heavy atom. The molecule has 3 N–H and O–H groups in total. The van der Waals surface area contributed by atoms with Crippen molar-refractivity contribution in [3.63, 3.8) is 0 Å². The van der Waals surface area contributed by atoms with Crippen LogP contribution < -0.4 is 10.2 Å². The Kier molecular flexibility index (Phi) is 9.17. The maximum atomic E-state index is 13.0. The Hall–Kier alpha value is -4.09. The van der Waals surface area contributed by atoms with Crippen LogP contribution in [0.2, 0.25) is 0 Å². The zero-order valence-corrected chi connectivity index (χ0v) is 26.8. The van der Waals surface area contributed by atoms with E-state index in [2.05, 4.69) is 42.2 Å². The third-order valence-electron chi connectivity index (χ3n) is 8.90. The van der Waals surface area contributed by atoms with E-state index in [-0.39, 0.29) is 23.3 Å². The number of phenolic OH excluding ortho intramolecular Hbond substituents is 1. The number of alkyl carbamates (subject to hydrolysis) is 1. The molecule has 232 valence electrons. The number of allylic oxidation sites excluding steroid dienone is 2. The molecule has 2 aromatic rings. The van der Waals surface area contributed by atoms with Crippen LogP contribution in [0.15, 0.2) is 76.6 Å². The molecule has 1 aliphatic carbocycles. The number of ether oxygens (including phenoxy) is 1. The molecule has 0 bridgehead atoms. The Bertz CT molecular complexity index is 1560. The molecule has 3 aliphatic rings. The molecule has 2 aliphatic heterocycles. The van der Waals surface area contributed by atoms with Gasteiger partial charge in [0.2, 0.25) is 0 Å². The predicted molar refractivity (Wildman–Crippen MR) is 178 cm³/mol. The summed E-state index contributed by atoms with van der Waals surface area (Å²) in [5, 5.41) is 22.3. The molecule has 0 saturated carbocycles. The highest BCUT2D eigenvalue weighted by Gasteiger charge is 2.46. The van der Waals surface area contributed by atoms with Crippen LogP contribution in [0.3, 0.4) is 0 Å². The van der Waals surface area contributed by atoms with E-state index in [0.29, 0.717) is 11.4 Å². The highest BCUT2D eigenvalue weighted by molar-refractivity contribution is 6.26. The number of amides is 1. The topological polar surface area (TPSA) is 98.0 Å². The largest absolute Gasteiger partial charge is 0.508 e. The Labute approximate surface area is 261 Å². The average Bonchev–Trinajstić information content (AvgIpc) is 3.12. The lowest BCUT2D eigenvalue weighted by atomic mass is 9.73. The fourth-order valence-electron chi connectivity index (χ4n) is 7.12. The minimum absolute atomic E-state index is 0.100. The van der Waals surface area contributed by atoms with Gasteiger partial charge < -0.3 is 20.1 Å². The Morgan fingerprint density at radius 1 is 1.20 bits per heavy atom. The van der Waals surface area contributed by atoms with Gasteiger partial charge in [-0.15, -0.1) is 5.73 Å². The van der Waals surface area contributed by atoms with Crippen LogP contribution in [0.25, 0.3) is 0 Å². The van der Waals surface area contributed by atoms with Crippen LogP contribution in [0.5, 0.6) is 5.75 Å². The second kappa shape index (κ2) is 12.9. The lowest BCUT2D eigenvalue weighted by Gasteiger charge is -2.37. The molecule has 0 fully saturated rings. The molecular formula is C37H46N4O3. The van der Waals surface area contributed by atoms with Crippen LogP contribution in [-0.2, 0) is 17.6 Å². The van der Waals surface area contributed by atoms with E-state index >= 15 is 0 Å². The fraction of sp³-hybridized carbons (Fsp3) is 0.459. The van der Waals surface area contributed by atoms with Gasteiger partial charge in [-0.2, -0.15) is 0 Å². The molecule has 0 saturated heterocycles. The van der Waals surface area contributed by atoms with Crippen molar-refractivity contribution in [1.29, 1.82) is 5.41 Å². The first-order chi connectivity index (χ1) is 21.0. The summed E-state index contributed by atoms with van der Waals surface area (Å²) < 4.78 is 5.69. The van der Waals surface area contributed by atoms with Gasteiger partial charge in [0.05, 0.1) is 17.3 Å². The molecule has 44 heavy (non-hydrogen) atoms. The minimum Gasteiger partial charge on any atom is -0.508 e. The molecule has 5 rings (SSSR count). The lowest BCUT2D eigenvalue weighted by Crippen LogP contribution is -2.41. The van der Waals surface area contributed by atoms with Crippen LogP contribution in [0, 0.1) is 10.8 Å². The number of nitrogens with zero attached hydrogens (tertiary/aromatic N) is 2. The maximum absolute atomic E-state index is 13.0. The van der Waals surface area contributed by atoms with Crippen molar-refractivity contribution in [3.8, 4) is 5.75 Å². The van der Waals surface area contributed by atoms with Crippen molar-refractivity contribution in [2.45, 2.75) is 97.6 Å². The molecule has 2 atom stereocenters. The highest BCUT2D eigenvalue weighted by Crippen LogP contribution is 2.52. The van der Waals surface area contributed by atoms with E-state index in [1.54, 1.807) is 12.1 Å². The maximum Gasteiger partial charge on any atom is 0.408 e. The van der Waals surface area contributed by atoms with Gasteiger partial charge in [0, 0.05) is 17.9 Å². The molecule has 0 aromatic heterocycles. The lowest BCUT2D eigenvalue weighted by molar-refractivity contribution is 0.0432. The van der Waals surface area contributed by atoms with Gasteiger partial charge in [-0.25, -0.2) is 4.79 Å². The summed E-state index contributed by atoms with van der Waals surface area (Å²) in [6.45, 7) is 10.6. The summed E-state index contributed by atoms with van der Waals surface area (Å²) in [5.41, 5.74) is 9.62. The number of anilines is 1. The van der Waals surface area contributed by atoms with E-state index in [1.165, 1.54) is 11.1 Å². The first-order valence-electron chi connectivity index (χ1n) is 16.0. The third kappa shape index (κ3) is 6.84. The number of phenols is 1. The molecule has 0 radical (unpaired) electrons. The molecule has 7 nitrogen and oxygen atoms in total. The third-order valence-corrected chi connectivity index (χ3v) is 8.90. The summed E-state index contributed by atoms with van der Waals surface area (Å²) in [5.74, 6) is 0.636. The number of amidine groups is 1. The number of carbonyl (C=O) groups is 1. The highest BCUT2D eigenvalue weighted by atomic mass is 16.6. The number of aryl methyl sites for hydroxylation is 1. The number of aromatic hydroxyl groups is 1. The number of benzene rings is 2.